The van der Waals surface area contributed by atoms with Gasteiger partial charge in [0, 0.05) is 38.4 Å². The van der Waals surface area contributed by atoms with Crippen molar-refractivity contribution in [3.8, 4) is 0 Å². The van der Waals surface area contributed by atoms with Crippen LogP contribution >= 0.6 is 0 Å². The number of aromatic nitrogens is 2. The molecule has 0 spiro atoms. The molecule has 0 radical (unpaired) electrons. The highest BCUT2D eigenvalue weighted by Gasteiger charge is 2.33. The highest BCUT2D eigenvalue weighted by molar-refractivity contribution is 6.06. The maximum absolute atomic E-state index is 13.0. The summed E-state index contributed by atoms with van der Waals surface area (Å²) in [7, 11) is 1.77. The molecule has 6 nitrogen and oxygen atoms in total. The van der Waals surface area contributed by atoms with Gasteiger partial charge in [0.1, 0.15) is 0 Å². The van der Waals surface area contributed by atoms with Gasteiger partial charge >= 0.3 is 0 Å². The minimum Gasteiger partial charge on any atom is -0.336 e. The van der Waals surface area contributed by atoms with Gasteiger partial charge in [0.15, 0.2) is 5.69 Å². The Morgan fingerprint density at radius 1 is 0.958 bits per heavy atom. The summed E-state index contributed by atoms with van der Waals surface area (Å²) in [4.78, 5) is 29.8. The summed E-state index contributed by atoms with van der Waals surface area (Å²) in [6.45, 7) is 5.68. The average Bonchev–Trinajstić information content (AvgIpc) is 2.96. The number of rotatable bonds is 2. The summed E-state index contributed by atoms with van der Waals surface area (Å²) in [6.07, 6.45) is 8.12. The lowest BCUT2D eigenvalue weighted by atomic mass is 10.0. The van der Waals surface area contributed by atoms with Gasteiger partial charge in [-0.25, -0.2) is 0 Å². The lowest BCUT2D eigenvalue weighted by molar-refractivity contribution is 0.0591. The Balaban J connectivity index is 1.87. The molecule has 2 aliphatic heterocycles. The normalized spacial score (nSPS) is 25.0. The standard InChI is InChI=1S/C18H28N4O2/c1-13-8-4-6-10-21(13)17(23)15-12-20(3)19-16(15)18(24)22-11-7-5-9-14(22)2/h12-14H,4-11H2,1-3H3/t13-,14-/m0/s1. The number of piperidine rings is 2. The monoisotopic (exact) mass is 332 g/mol. The van der Waals surface area contributed by atoms with E-state index >= 15 is 0 Å². The van der Waals surface area contributed by atoms with Crippen LogP contribution in [-0.2, 0) is 7.05 Å². The van der Waals surface area contributed by atoms with Gasteiger partial charge in [0.2, 0.25) is 0 Å². The first-order valence-corrected chi connectivity index (χ1v) is 9.14. The van der Waals surface area contributed by atoms with Crippen LogP contribution < -0.4 is 0 Å². The smallest absolute Gasteiger partial charge is 0.275 e. The van der Waals surface area contributed by atoms with Crippen molar-refractivity contribution in [2.45, 2.75) is 64.5 Å². The van der Waals surface area contributed by atoms with Crippen molar-refractivity contribution >= 4 is 11.8 Å². The van der Waals surface area contributed by atoms with Crippen LogP contribution in [0.25, 0.3) is 0 Å². The molecule has 1 aromatic heterocycles. The summed E-state index contributed by atoms with van der Waals surface area (Å²) in [5.74, 6) is -0.154. The molecule has 1 aromatic rings. The number of aryl methyl sites for hydroxylation is 1. The van der Waals surface area contributed by atoms with Crippen molar-refractivity contribution in [3.63, 3.8) is 0 Å². The quantitative estimate of drug-likeness (QED) is 0.836. The van der Waals surface area contributed by atoms with Crippen molar-refractivity contribution in [1.29, 1.82) is 0 Å². The molecule has 2 amide bonds. The molecule has 0 aromatic carbocycles. The summed E-state index contributed by atoms with van der Waals surface area (Å²) in [5, 5.41) is 4.34. The largest absolute Gasteiger partial charge is 0.336 e. The van der Waals surface area contributed by atoms with Crippen LogP contribution in [0.3, 0.4) is 0 Å². The highest BCUT2D eigenvalue weighted by atomic mass is 16.2. The van der Waals surface area contributed by atoms with Crippen LogP contribution in [0, 0.1) is 0 Å². The Morgan fingerprint density at radius 2 is 1.50 bits per heavy atom. The lowest BCUT2D eigenvalue weighted by Gasteiger charge is -2.34. The minimum absolute atomic E-state index is 0.0525. The molecule has 0 bridgehead atoms. The van der Waals surface area contributed by atoms with Gasteiger partial charge in [-0.05, 0) is 52.4 Å². The Morgan fingerprint density at radius 3 is 2.04 bits per heavy atom. The highest BCUT2D eigenvalue weighted by Crippen LogP contribution is 2.23. The molecular formula is C18H28N4O2. The second-order valence-corrected chi connectivity index (χ2v) is 7.25. The topological polar surface area (TPSA) is 58.4 Å². The van der Waals surface area contributed by atoms with Crippen LogP contribution in [-0.4, -0.2) is 56.6 Å². The van der Waals surface area contributed by atoms with E-state index < -0.39 is 0 Å². The number of likely N-dealkylation sites (tertiary alicyclic amines) is 2. The number of amides is 2. The number of nitrogens with zero attached hydrogens (tertiary/aromatic N) is 4. The number of carbonyl (C=O) groups excluding carboxylic acids is 2. The Bertz CT molecular complexity index is 573. The SMILES string of the molecule is C[C@H]1CCCCN1C(=O)c1cn(C)nc1C(=O)N1CCCC[C@@H]1C. The lowest BCUT2D eigenvalue weighted by Crippen LogP contribution is -2.44. The molecule has 0 N–H and O–H groups in total. The van der Waals surface area contributed by atoms with Gasteiger partial charge in [-0.15, -0.1) is 0 Å². The van der Waals surface area contributed by atoms with Crippen LogP contribution in [0.2, 0.25) is 0 Å². The Kier molecular flexibility index (Phi) is 4.92. The average molecular weight is 332 g/mol. The van der Waals surface area contributed by atoms with Crippen LogP contribution in [0.5, 0.6) is 0 Å². The van der Waals surface area contributed by atoms with E-state index in [0.717, 1.165) is 51.6 Å². The first-order valence-electron chi connectivity index (χ1n) is 9.14. The predicted molar refractivity (Wildman–Crippen MR) is 91.9 cm³/mol. The number of hydrogen-bond acceptors (Lipinski definition) is 3. The van der Waals surface area contributed by atoms with E-state index in [9.17, 15) is 9.59 Å². The summed E-state index contributed by atoms with van der Waals surface area (Å²) < 4.78 is 1.59. The van der Waals surface area contributed by atoms with E-state index in [1.165, 1.54) is 0 Å². The number of carbonyl (C=O) groups is 2. The molecule has 2 aliphatic rings. The van der Waals surface area contributed by atoms with Gasteiger partial charge < -0.3 is 9.80 Å². The van der Waals surface area contributed by atoms with E-state index in [0.29, 0.717) is 11.3 Å². The molecule has 2 fully saturated rings. The fourth-order valence-corrected chi connectivity index (χ4v) is 3.89. The zero-order valence-corrected chi connectivity index (χ0v) is 15.0. The minimum atomic E-state index is -0.101. The maximum atomic E-state index is 13.0. The van der Waals surface area contributed by atoms with Crippen LogP contribution in [0.1, 0.15) is 73.2 Å². The molecule has 3 rings (SSSR count). The van der Waals surface area contributed by atoms with E-state index in [-0.39, 0.29) is 23.9 Å². The molecule has 6 heteroatoms. The molecule has 3 heterocycles. The fourth-order valence-electron chi connectivity index (χ4n) is 3.89. The fraction of sp³-hybridized carbons (Fsp3) is 0.722. The van der Waals surface area contributed by atoms with Crippen molar-refractivity contribution in [1.82, 2.24) is 19.6 Å². The molecule has 2 saturated heterocycles. The molecule has 2 atom stereocenters. The third kappa shape index (κ3) is 3.19. The van der Waals surface area contributed by atoms with Crippen molar-refractivity contribution in [2.75, 3.05) is 13.1 Å². The Labute approximate surface area is 143 Å². The number of hydrogen-bond donors (Lipinski definition) is 0. The predicted octanol–water partition coefficient (Wildman–Crippen LogP) is 2.45. The third-order valence-electron chi connectivity index (χ3n) is 5.39. The Hall–Kier alpha value is -1.85. The molecule has 24 heavy (non-hydrogen) atoms. The second-order valence-electron chi connectivity index (χ2n) is 7.25. The molecular weight excluding hydrogens is 304 g/mol. The van der Waals surface area contributed by atoms with Gasteiger partial charge in [-0.2, -0.15) is 5.10 Å². The van der Waals surface area contributed by atoms with Gasteiger partial charge in [0.05, 0.1) is 5.56 Å². The van der Waals surface area contributed by atoms with Crippen LogP contribution in [0.15, 0.2) is 6.20 Å². The first kappa shape index (κ1) is 17.0. The maximum Gasteiger partial charge on any atom is 0.275 e. The zero-order valence-electron chi connectivity index (χ0n) is 15.0. The van der Waals surface area contributed by atoms with Crippen LogP contribution in [0.4, 0.5) is 0 Å². The summed E-state index contributed by atoms with van der Waals surface area (Å²) in [6, 6.07) is 0.438. The molecule has 0 aliphatic carbocycles. The van der Waals surface area contributed by atoms with E-state index in [2.05, 4.69) is 18.9 Å². The van der Waals surface area contributed by atoms with Gasteiger partial charge in [-0.3, -0.25) is 14.3 Å². The second kappa shape index (κ2) is 6.95. The molecule has 0 saturated carbocycles. The van der Waals surface area contributed by atoms with E-state index in [4.69, 9.17) is 0 Å². The first-order chi connectivity index (χ1) is 11.5. The summed E-state index contributed by atoms with van der Waals surface area (Å²) >= 11 is 0. The van der Waals surface area contributed by atoms with E-state index in [1.807, 2.05) is 9.80 Å². The molecule has 132 valence electrons. The van der Waals surface area contributed by atoms with Gasteiger partial charge in [0.25, 0.3) is 11.8 Å². The van der Waals surface area contributed by atoms with Crippen molar-refractivity contribution in [3.05, 3.63) is 17.5 Å². The zero-order chi connectivity index (χ0) is 17.3. The van der Waals surface area contributed by atoms with Crippen molar-refractivity contribution < 1.29 is 9.59 Å². The molecule has 0 unspecified atom stereocenters. The summed E-state index contributed by atoms with van der Waals surface area (Å²) in [5.41, 5.74) is 0.767. The van der Waals surface area contributed by atoms with Gasteiger partial charge in [-0.1, -0.05) is 0 Å². The van der Waals surface area contributed by atoms with Crippen molar-refractivity contribution in [2.24, 2.45) is 7.05 Å². The van der Waals surface area contributed by atoms with E-state index in [1.54, 1.807) is 17.9 Å². The third-order valence-corrected chi connectivity index (χ3v) is 5.39.